The molecule has 0 spiro atoms. The highest BCUT2D eigenvalue weighted by molar-refractivity contribution is 5.82. The Morgan fingerprint density at radius 1 is 1.50 bits per heavy atom. The number of primary amides is 1. The lowest BCUT2D eigenvalue weighted by molar-refractivity contribution is -0.122. The first-order chi connectivity index (χ1) is 5.57. The van der Waals surface area contributed by atoms with Crippen LogP contribution in [0.1, 0.15) is 19.8 Å². The third kappa shape index (κ3) is 4.68. The minimum Gasteiger partial charge on any atom is -0.370 e. The molecular formula is C7H15N3O2. The van der Waals surface area contributed by atoms with Crippen LogP contribution < -0.4 is 16.8 Å². The number of nitrogens with one attached hydrogen (secondary N) is 1. The van der Waals surface area contributed by atoms with Gasteiger partial charge in [0.05, 0.1) is 6.04 Å². The van der Waals surface area contributed by atoms with Crippen LogP contribution in [-0.4, -0.2) is 24.4 Å². The van der Waals surface area contributed by atoms with E-state index in [0.717, 1.165) is 0 Å². The van der Waals surface area contributed by atoms with Gasteiger partial charge in [-0.15, -0.1) is 0 Å². The van der Waals surface area contributed by atoms with Gasteiger partial charge >= 0.3 is 0 Å². The molecule has 0 aromatic rings. The molecule has 2 amide bonds. The van der Waals surface area contributed by atoms with Crippen LogP contribution in [0.3, 0.4) is 0 Å². The van der Waals surface area contributed by atoms with Gasteiger partial charge in [0.2, 0.25) is 11.8 Å². The Morgan fingerprint density at radius 3 is 2.50 bits per heavy atom. The van der Waals surface area contributed by atoms with Crippen LogP contribution in [0.25, 0.3) is 0 Å². The van der Waals surface area contributed by atoms with Crippen molar-refractivity contribution in [2.24, 2.45) is 11.5 Å². The van der Waals surface area contributed by atoms with E-state index in [2.05, 4.69) is 5.32 Å². The van der Waals surface area contributed by atoms with Crippen molar-refractivity contribution in [1.82, 2.24) is 5.32 Å². The van der Waals surface area contributed by atoms with Crippen LogP contribution in [0.2, 0.25) is 0 Å². The van der Waals surface area contributed by atoms with Gasteiger partial charge in [-0.1, -0.05) is 0 Å². The molecule has 0 aliphatic carbocycles. The maximum Gasteiger partial charge on any atom is 0.236 e. The highest BCUT2D eigenvalue weighted by atomic mass is 16.2. The molecule has 0 aliphatic heterocycles. The Morgan fingerprint density at radius 2 is 2.08 bits per heavy atom. The fourth-order valence-electron chi connectivity index (χ4n) is 0.734. The summed E-state index contributed by atoms with van der Waals surface area (Å²) in [5, 5.41) is 2.55. The summed E-state index contributed by atoms with van der Waals surface area (Å²) in [5.74, 6) is -0.673. The Hall–Kier alpha value is -1.10. The summed E-state index contributed by atoms with van der Waals surface area (Å²) >= 11 is 0. The highest BCUT2D eigenvalue weighted by Crippen LogP contribution is 1.93. The number of nitrogens with two attached hydrogens (primary N) is 2. The molecule has 0 saturated heterocycles. The first-order valence-corrected chi connectivity index (χ1v) is 3.89. The molecule has 0 aromatic carbocycles. The van der Waals surface area contributed by atoms with Gasteiger partial charge in [0.1, 0.15) is 0 Å². The first-order valence-electron chi connectivity index (χ1n) is 3.89. The van der Waals surface area contributed by atoms with Gasteiger partial charge in [-0.05, 0) is 13.3 Å². The molecule has 0 saturated carbocycles. The van der Waals surface area contributed by atoms with Crippen LogP contribution in [0, 0.1) is 0 Å². The zero-order valence-corrected chi connectivity index (χ0v) is 7.17. The summed E-state index contributed by atoms with van der Waals surface area (Å²) in [6, 6.07) is -0.627. The van der Waals surface area contributed by atoms with E-state index in [0.29, 0.717) is 13.0 Å². The Kier molecular flexibility index (Phi) is 5.03. The van der Waals surface area contributed by atoms with E-state index < -0.39 is 11.9 Å². The van der Waals surface area contributed by atoms with E-state index in [4.69, 9.17) is 11.5 Å². The number of carbonyl (C=O) groups is 2. The predicted octanol–water partition coefficient (Wildman–Crippen LogP) is -1.28. The molecule has 70 valence electrons. The Bertz CT molecular complexity index is 170. The van der Waals surface area contributed by atoms with E-state index in [1.54, 1.807) is 6.92 Å². The predicted molar refractivity (Wildman–Crippen MR) is 45.1 cm³/mol. The third-order valence-corrected chi connectivity index (χ3v) is 1.39. The summed E-state index contributed by atoms with van der Waals surface area (Å²) in [5.41, 5.74) is 10.3. The quantitative estimate of drug-likeness (QED) is 0.482. The van der Waals surface area contributed by atoms with Crippen LogP contribution in [0.4, 0.5) is 0 Å². The second-order valence-corrected chi connectivity index (χ2v) is 2.51. The number of hydrogen-bond acceptors (Lipinski definition) is 3. The summed E-state index contributed by atoms with van der Waals surface area (Å²) in [6.45, 7) is 2.35. The van der Waals surface area contributed by atoms with Crippen molar-refractivity contribution in [3.05, 3.63) is 0 Å². The Labute approximate surface area is 71.5 Å². The van der Waals surface area contributed by atoms with Gasteiger partial charge in [0, 0.05) is 13.0 Å². The number of rotatable bonds is 5. The molecule has 0 fully saturated rings. The molecule has 5 nitrogen and oxygen atoms in total. The lowest BCUT2D eigenvalue weighted by Gasteiger charge is -2.09. The zero-order chi connectivity index (χ0) is 9.56. The average molecular weight is 173 g/mol. The molecule has 0 aliphatic rings. The molecule has 0 radical (unpaired) electrons. The van der Waals surface area contributed by atoms with Crippen molar-refractivity contribution in [2.75, 3.05) is 6.54 Å². The SMILES string of the molecule is CCNC(=O)[C@@H](N)CCC(N)=O. The largest absolute Gasteiger partial charge is 0.370 e. The molecule has 0 unspecified atom stereocenters. The first kappa shape index (κ1) is 10.9. The maximum absolute atomic E-state index is 11.0. The third-order valence-electron chi connectivity index (χ3n) is 1.39. The average Bonchev–Trinajstić information content (AvgIpc) is 2.00. The van der Waals surface area contributed by atoms with Crippen molar-refractivity contribution in [3.8, 4) is 0 Å². The minimum absolute atomic E-state index is 0.151. The molecule has 12 heavy (non-hydrogen) atoms. The zero-order valence-electron chi connectivity index (χ0n) is 7.17. The summed E-state index contributed by atoms with van der Waals surface area (Å²) in [7, 11) is 0. The van der Waals surface area contributed by atoms with E-state index in [9.17, 15) is 9.59 Å². The van der Waals surface area contributed by atoms with Crippen molar-refractivity contribution in [1.29, 1.82) is 0 Å². The standard InChI is InChI=1S/C7H15N3O2/c1-2-10-7(12)5(8)3-4-6(9)11/h5H,2-4,8H2,1H3,(H2,9,11)(H,10,12)/t5-/m0/s1. The van der Waals surface area contributed by atoms with E-state index >= 15 is 0 Å². The monoisotopic (exact) mass is 173 g/mol. The van der Waals surface area contributed by atoms with Crippen molar-refractivity contribution in [3.63, 3.8) is 0 Å². The smallest absolute Gasteiger partial charge is 0.236 e. The summed E-state index contributed by atoms with van der Waals surface area (Å²) in [4.78, 5) is 21.3. The van der Waals surface area contributed by atoms with E-state index in [1.165, 1.54) is 0 Å². The topological polar surface area (TPSA) is 98.2 Å². The van der Waals surface area contributed by atoms with Crippen LogP contribution in [0.5, 0.6) is 0 Å². The van der Waals surface area contributed by atoms with Gasteiger partial charge in [-0.2, -0.15) is 0 Å². The van der Waals surface area contributed by atoms with Crippen molar-refractivity contribution < 1.29 is 9.59 Å². The lowest BCUT2D eigenvalue weighted by Crippen LogP contribution is -2.40. The molecular weight excluding hydrogens is 158 g/mol. The normalized spacial score (nSPS) is 12.2. The molecule has 1 atom stereocenters. The summed E-state index contributed by atoms with van der Waals surface area (Å²) < 4.78 is 0. The molecule has 0 bridgehead atoms. The van der Waals surface area contributed by atoms with E-state index in [1.807, 2.05) is 0 Å². The molecule has 0 aromatic heterocycles. The lowest BCUT2D eigenvalue weighted by atomic mass is 10.1. The Balaban J connectivity index is 3.63. The number of amides is 2. The van der Waals surface area contributed by atoms with Crippen molar-refractivity contribution in [2.45, 2.75) is 25.8 Å². The molecule has 0 heterocycles. The van der Waals surface area contributed by atoms with E-state index in [-0.39, 0.29) is 12.3 Å². The molecule has 5 heteroatoms. The number of carbonyl (C=O) groups excluding carboxylic acids is 2. The minimum atomic E-state index is -0.627. The van der Waals surface area contributed by atoms with Gasteiger partial charge in [0.25, 0.3) is 0 Å². The molecule has 0 rings (SSSR count). The van der Waals surface area contributed by atoms with Crippen LogP contribution in [0.15, 0.2) is 0 Å². The van der Waals surface area contributed by atoms with Gasteiger partial charge < -0.3 is 16.8 Å². The van der Waals surface area contributed by atoms with Crippen LogP contribution >= 0.6 is 0 Å². The van der Waals surface area contributed by atoms with Gasteiger partial charge in [-0.3, -0.25) is 9.59 Å². The number of hydrogen-bond donors (Lipinski definition) is 3. The second-order valence-electron chi connectivity index (χ2n) is 2.51. The summed E-state index contributed by atoms with van der Waals surface area (Å²) in [6.07, 6.45) is 0.458. The van der Waals surface area contributed by atoms with Crippen LogP contribution in [-0.2, 0) is 9.59 Å². The second kappa shape index (κ2) is 5.54. The highest BCUT2D eigenvalue weighted by Gasteiger charge is 2.12. The van der Waals surface area contributed by atoms with Crippen molar-refractivity contribution >= 4 is 11.8 Å². The maximum atomic E-state index is 11.0. The van der Waals surface area contributed by atoms with Gasteiger partial charge in [-0.25, -0.2) is 0 Å². The number of likely N-dealkylation sites (N-methyl/N-ethyl adjacent to an activating group) is 1. The molecule has 5 N–H and O–H groups in total. The fourth-order valence-corrected chi connectivity index (χ4v) is 0.734. The fraction of sp³-hybridized carbons (Fsp3) is 0.714. The van der Waals surface area contributed by atoms with Gasteiger partial charge in [0.15, 0.2) is 0 Å².